The molecule has 2 atom stereocenters. The van der Waals surface area contributed by atoms with Gasteiger partial charge in [-0.25, -0.2) is 0 Å². The highest BCUT2D eigenvalue weighted by molar-refractivity contribution is 7.13. The lowest BCUT2D eigenvalue weighted by Gasteiger charge is -2.21. The third-order valence-electron chi connectivity index (χ3n) is 3.40. The van der Waals surface area contributed by atoms with E-state index in [0.29, 0.717) is 17.5 Å². The molecule has 0 bridgehead atoms. The van der Waals surface area contributed by atoms with Crippen LogP contribution in [0.5, 0.6) is 0 Å². The fourth-order valence-corrected chi connectivity index (χ4v) is 2.86. The van der Waals surface area contributed by atoms with Gasteiger partial charge in [0.15, 0.2) is 11.4 Å². The van der Waals surface area contributed by atoms with E-state index < -0.39 is 5.60 Å². The number of cyclic esters (lactones) is 1. The molecule has 20 heavy (non-hydrogen) atoms. The number of rotatable bonds is 6. The number of aromatic nitrogens is 2. The van der Waals surface area contributed by atoms with Crippen molar-refractivity contribution in [3.05, 3.63) is 5.51 Å². The lowest BCUT2D eigenvalue weighted by atomic mass is 9.87. The Morgan fingerprint density at radius 1 is 1.65 bits per heavy atom. The van der Waals surface area contributed by atoms with Crippen molar-refractivity contribution in [3.8, 4) is 0 Å². The summed E-state index contributed by atoms with van der Waals surface area (Å²) >= 11 is 1.32. The van der Waals surface area contributed by atoms with Gasteiger partial charge in [0, 0.05) is 6.42 Å². The number of nitrogens with zero attached hydrogens (tertiary/aromatic N) is 2. The van der Waals surface area contributed by atoms with Crippen molar-refractivity contribution in [2.45, 2.75) is 39.2 Å². The van der Waals surface area contributed by atoms with Crippen LogP contribution in [0.2, 0.25) is 0 Å². The Hall–Kier alpha value is -1.50. The van der Waals surface area contributed by atoms with Gasteiger partial charge >= 0.3 is 5.97 Å². The first-order valence-corrected chi connectivity index (χ1v) is 7.55. The molecule has 0 radical (unpaired) electrons. The van der Waals surface area contributed by atoms with Crippen LogP contribution < -0.4 is 5.32 Å². The molecule has 110 valence electrons. The molecule has 0 spiro atoms. The van der Waals surface area contributed by atoms with Crippen molar-refractivity contribution in [1.29, 1.82) is 0 Å². The Morgan fingerprint density at radius 3 is 3.00 bits per heavy atom. The number of nitrogens with one attached hydrogen (secondary N) is 1. The number of hydrogen-bond donors (Lipinski definition) is 1. The third-order valence-corrected chi connectivity index (χ3v) is 4.05. The van der Waals surface area contributed by atoms with Gasteiger partial charge in [0.25, 0.3) is 0 Å². The molecular weight excluding hydrogens is 278 g/mol. The van der Waals surface area contributed by atoms with Crippen LogP contribution in [0.3, 0.4) is 0 Å². The lowest BCUT2D eigenvalue weighted by molar-refractivity contribution is -0.156. The molecule has 1 aliphatic heterocycles. The van der Waals surface area contributed by atoms with Crippen molar-refractivity contribution >= 4 is 28.2 Å². The monoisotopic (exact) mass is 297 g/mol. The zero-order valence-corrected chi connectivity index (χ0v) is 12.7. The maximum atomic E-state index is 12.3. The molecule has 2 rings (SSSR count). The van der Waals surface area contributed by atoms with E-state index >= 15 is 0 Å². The minimum atomic E-state index is -1.02. The van der Waals surface area contributed by atoms with Crippen molar-refractivity contribution < 1.29 is 14.3 Å². The SMILES string of the molecule is CC(C)C[C@H]1C[C@@](C)(C(=O)CNc2nncs2)OC1=O. The topological polar surface area (TPSA) is 81.2 Å². The summed E-state index contributed by atoms with van der Waals surface area (Å²) in [5.74, 6) is -0.159. The Kier molecular flexibility index (Phi) is 4.37. The Bertz CT molecular complexity index is 489. The van der Waals surface area contributed by atoms with Crippen LogP contribution in [-0.2, 0) is 14.3 Å². The highest BCUT2D eigenvalue weighted by Crippen LogP contribution is 2.35. The molecule has 0 saturated carbocycles. The summed E-state index contributed by atoms with van der Waals surface area (Å²) in [7, 11) is 0. The summed E-state index contributed by atoms with van der Waals surface area (Å²) in [5.41, 5.74) is 0.567. The van der Waals surface area contributed by atoms with E-state index in [2.05, 4.69) is 29.4 Å². The van der Waals surface area contributed by atoms with Crippen LogP contribution in [0.15, 0.2) is 5.51 Å². The van der Waals surface area contributed by atoms with Gasteiger partial charge < -0.3 is 10.1 Å². The first-order valence-electron chi connectivity index (χ1n) is 6.67. The van der Waals surface area contributed by atoms with Crippen LogP contribution >= 0.6 is 11.3 Å². The average molecular weight is 297 g/mol. The van der Waals surface area contributed by atoms with E-state index in [9.17, 15) is 9.59 Å². The van der Waals surface area contributed by atoms with Gasteiger partial charge in [-0.05, 0) is 19.3 Å². The molecule has 1 fully saturated rings. The second-order valence-electron chi connectivity index (χ2n) is 5.70. The summed E-state index contributed by atoms with van der Waals surface area (Å²) in [6.07, 6.45) is 1.21. The van der Waals surface area contributed by atoms with E-state index in [4.69, 9.17) is 4.74 Å². The number of esters is 1. The van der Waals surface area contributed by atoms with Crippen molar-refractivity contribution in [3.63, 3.8) is 0 Å². The zero-order valence-electron chi connectivity index (χ0n) is 11.9. The molecular formula is C13H19N3O3S. The van der Waals surface area contributed by atoms with Crippen LogP contribution in [0.4, 0.5) is 5.13 Å². The van der Waals surface area contributed by atoms with E-state index in [1.807, 2.05) is 0 Å². The first-order chi connectivity index (χ1) is 9.40. The van der Waals surface area contributed by atoms with Crippen LogP contribution in [0.1, 0.15) is 33.6 Å². The van der Waals surface area contributed by atoms with Gasteiger partial charge in [-0.3, -0.25) is 9.59 Å². The Balaban J connectivity index is 1.93. The van der Waals surface area contributed by atoms with Gasteiger partial charge in [0.05, 0.1) is 12.5 Å². The summed E-state index contributed by atoms with van der Waals surface area (Å²) in [6.45, 7) is 5.90. The number of hydrogen-bond acceptors (Lipinski definition) is 7. The second-order valence-corrected chi connectivity index (χ2v) is 6.54. The molecule has 1 N–H and O–H groups in total. The van der Waals surface area contributed by atoms with Crippen LogP contribution in [0, 0.1) is 11.8 Å². The summed E-state index contributed by atoms with van der Waals surface area (Å²) in [5, 5.41) is 11.0. The largest absolute Gasteiger partial charge is 0.451 e. The Morgan fingerprint density at radius 2 is 2.40 bits per heavy atom. The van der Waals surface area contributed by atoms with Crippen molar-refractivity contribution in [2.24, 2.45) is 11.8 Å². The fourth-order valence-electron chi connectivity index (χ4n) is 2.41. The number of ether oxygens (including phenoxy) is 1. The Labute approximate surface area is 121 Å². The maximum Gasteiger partial charge on any atom is 0.310 e. The molecule has 2 heterocycles. The molecule has 0 unspecified atom stereocenters. The average Bonchev–Trinajstić information content (AvgIpc) is 2.95. The van der Waals surface area contributed by atoms with E-state index in [1.165, 1.54) is 11.3 Å². The first kappa shape index (κ1) is 14.9. The van der Waals surface area contributed by atoms with Crippen LogP contribution in [0.25, 0.3) is 0 Å². The quantitative estimate of drug-likeness (QED) is 0.808. The molecule has 1 aromatic heterocycles. The highest BCUT2D eigenvalue weighted by atomic mass is 32.1. The van der Waals surface area contributed by atoms with Gasteiger partial charge in [-0.1, -0.05) is 25.2 Å². The minimum Gasteiger partial charge on any atom is -0.451 e. The molecule has 6 nitrogen and oxygen atoms in total. The summed E-state index contributed by atoms with van der Waals surface area (Å²) in [6, 6.07) is 0. The number of anilines is 1. The standard InChI is InChI=1S/C13H19N3O3S/c1-8(2)4-9-5-13(3,19-11(9)18)10(17)6-14-12-16-15-7-20-12/h7-9H,4-6H2,1-3H3,(H,14,16)/t9-,13-/m0/s1. The zero-order chi connectivity index (χ0) is 14.8. The van der Waals surface area contributed by atoms with Gasteiger partial charge in [0.2, 0.25) is 5.13 Å². The van der Waals surface area contributed by atoms with Crippen LogP contribution in [-0.4, -0.2) is 34.1 Å². The predicted molar refractivity (Wildman–Crippen MR) is 75.5 cm³/mol. The second kappa shape index (κ2) is 5.87. The molecule has 0 aliphatic carbocycles. The fraction of sp³-hybridized carbons (Fsp3) is 0.692. The van der Waals surface area contributed by atoms with E-state index in [-0.39, 0.29) is 24.2 Å². The summed E-state index contributed by atoms with van der Waals surface area (Å²) in [4.78, 5) is 24.1. The number of ketones is 1. The normalized spacial score (nSPS) is 25.8. The van der Waals surface area contributed by atoms with Gasteiger partial charge in [-0.15, -0.1) is 10.2 Å². The molecule has 7 heteroatoms. The number of carbonyl (C=O) groups excluding carboxylic acids is 2. The van der Waals surface area contributed by atoms with E-state index in [0.717, 1.165) is 6.42 Å². The highest BCUT2D eigenvalue weighted by Gasteiger charge is 2.48. The molecule has 1 aliphatic rings. The summed E-state index contributed by atoms with van der Waals surface area (Å²) < 4.78 is 5.33. The van der Waals surface area contributed by atoms with Crippen molar-refractivity contribution in [2.75, 3.05) is 11.9 Å². The third kappa shape index (κ3) is 3.33. The van der Waals surface area contributed by atoms with Gasteiger partial charge in [0.1, 0.15) is 5.51 Å². The van der Waals surface area contributed by atoms with E-state index in [1.54, 1.807) is 12.4 Å². The lowest BCUT2D eigenvalue weighted by Crippen LogP contribution is -2.39. The molecule has 1 saturated heterocycles. The number of Topliss-reactive ketones (excluding diaryl/α,β-unsaturated/α-hetero) is 1. The smallest absolute Gasteiger partial charge is 0.310 e. The van der Waals surface area contributed by atoms with Crippen molar-refractivity contribution in [1.82, 2.24) is 10.2 Å². The minimum absolute atomic E-state index is 0.0906. The maximum absolute atomic E-state index is 12.3. The molecule has 0 amide bonds. The number of carbonyl (C=O) groups is 2. The molecule has 0 aromatic carbocycles. The molecule has 1 aromatic rings. The van der Waals surface area contributed by atoms with Gasteiger partial charge in [-0.2, -0.15) is 0 Å². The predicted octanol–water partition coefficient (Wildman–Crippen LogP) is 1.89.